The highest BCUT2D eigenvalue weighted by atomic mass is 19.4. The molecular formula is C28H28F5N3O6. The number of hydrogen-bond acceptors (Lipinski definition) is 8. The van der Waals surface area contributed by atoms with E-state index in [1.165, 1.54) is 26.0 Å². The van der Waals surface area contributed by atoms with E-state index in [1.54, 1.807) is 0 Å². The molecule has 9 nitrogen and oxygen atoms in total. The van der Waals surface area contributed by atoms with Gasteiger partial charge in [-0.15, -0.1) is 0 Å². The van der Waals surface area contributed by atoms with E-state index in [4.69, 9.17) is 19.9 Å². The van der Waals surface area contributed by atoms with Crippen molar-refractivity contribution in [1.82, 2.24) is 10.3 Å². The molecule has 0 spiro atoms. The van der Waals surface area contributed by atoms with Crippen LogP contribution in [0.1, 0.15) is 35.5 Å². The lowest BCUT2D eigenvalue weighted by Crippen LogP contribution is -2.51. The molecule has 1 aromatic heterocycles. The van der Waals surface area contributed by atoms with Gasteiger partial charge in [0, 0.05) is 16.7 Å². The monoisotopic (exact) mass is 597 g/mol. The summed E-state index contributed by atoms with van der Waals surface area (Å²) in [6, 6.07) is 7.41. The number of halogens is 5. The third-order valence-electron chi connectivity index (χ3n) is 6.58. The van der Waals surface area contributed by atoms with Gasteiger partial charge in [-0.05, 0) is 56.3 Å². The average Bonchev–Trinajstić information content (AvgIpc) is 3.23. The number of methoxy groups -OCH3 is 1. The number of aliphatic hydroxyl groups is 2. The van der Waals surface area contributed by atoms with Crippen molar-refractivity contribution in [3.63, 3.8) is 0 Å². The van der Waals surface area contributed by atoms with Crippen LogP contribution in [0.15, 0.2) is 42.5 Å². The van der Waals surface area contributed by atoms with Gasteiger partial charge in [0.25, 0.3) is 5.91 Å². The summed E-state index contributed by atoms with van der Waals surface area (Å²) in [5.41, 5.74) is 0.102. The fourth-order valence-electron chi connectivity index (χ4n) is 4.26. The van der Waals surface area contributed by atoms with Crippen LogP contribution in [0.5, 0.6) is 17.2 Å². The van der Waals surface area contributed by atoms with Crippen molar-refractivity contribution in [2.75, 3.05) is 26.9 Å². The van der Waals surface area contributed by atoms with Crippen molar-refractivity contribution in [2.24, 2.45) is 5.73 Å². The lowest BCUT2D eigenvalue weighted by atomic mass is 9.89. The SMILES string of the molecule is COc1cc(C(=O)NCC(O)(c2cc3c(c(-c4ccc(F)cc4)n2)OCC3(C)N)C(F)(F)F)cc(F)c1OCC(C)O. The number of carbonyl (C=O) groups is 1. The van der Waals surface area contributed by atoms with Crippen molar-refractivity contribution >= 4 is 5.91 Å². The van der Waals surface area contributed by atoms with Crippen LogP contribution in [0.4, 0.5) is 22.0 Å². The summed E-state index contributed by atoms with van der Waals surface area (Å²) in [4.78, 5) is 16.9. The normalized spacial score (nSPS) is 18.5. The molecule has 1 aliphatic rings. The molecule has 0 radical (unpaired) electrons. The summed E-state index contributed by atoms with van der Waals surface area (Å²) in [5, 5.41) is 22.4. The molecule has 0 saturated carbocycles. The molecule has 2 heterocycles. The van der Waals surface area contributed by atoms with Crippen LogP contribution >= 0.6 is 0 Å². The highest BCUT2D eigenvalue weighted by molar-refractivity contribution is 5.95. The number of amides is 1. The largest absolute Gasteiger partial charge is 0.493 e. The number of nitrogens with zero attached hydrogens (tertiary/aromatic N) is 1. The van der Waals surface area contributed by atoms with E-state index in [-0.39, 0.29) is 41.5 Å². The number of carbonyl (C=O) groups excluding carboxylic acids is 1. The lowest BCUT2D eigenvalue weighted by Gasteiger charge is -2.31. The van der Waals surface area contributed by atoms with E-state index in [0.717, 1.165) is 31.4 Å². The Bertz CT molecular complexity index is 1480. The zero-order valence-electron chi connectivity index (χ0n) is 22.7. The molecule has 1 aliphatic heterocycles. The Morgan fingerprint density at radius 3 is 2.48 bits per heavy atom. The second-order valence-corrected chi connectivity index (χ2v) is 10.1. The van der Waals surface area contributed by atoms with Crippen molar-refractivity contribution in [3.8, 4) is 28.5 Å². The molecule has 3 atom stereocenters. The number of aliphatic hydroxyl groups excluding tert-OH is 1. The Hall–Kier alpha value is -4.01. The van der Waals surface area contributed by atoms with Gasteiger partial charge >= 0.3 is 6.18 Å². The van der Waals surface area contributed by atoms with E-state index < -0.39 is 64.5 Å². The third kappa shape index (κ3) is 5.96. The molecule has 1 amide bonds. The first-order valence-corrected chi connectivity index (χ1v) is 12.6. The number of nitrogens with two attached hydrogens (primary N) is 1. The zero-order valence-corrected chi connectivity index (χ0v) is 22.7. The van der Waals surface area contributed by atoms with Gasteiger partial charge in [0.2, 0.25) is 5.60 Å². The Morgan fingerprint density at radius 1 is 1.21 bits per heavy atom. The molecular weight excluding hydrogens is 569 g/mol. The second kappa shape index (κ2) is 11.3. The molecule has 0 bridgehead atoms. The van der Waals surface area contributed by atoms with Gasteiger partial charge in [0.1, 0.15) is 24.7 Å². The highest BCUT2D eigenvalue weighted by Gasteiger charge is 2.57. The standard InChI is InChI=1S/C28H28F5N3O6/c1-14(37)11-41-24-19(30)8-16(9-20(24)40-3)25(38)35-12-27(39,28(31,32)33)21-10-18-23(42-13-26(18,2)34)22(36-21)15-4-6-17(29)7-5-15/h4-10,14,37,39H,11-13,34H2,1-3H3,(H,35,38). The summed E-state index contributed by atoms with van der Waals surface area (Å²) in [6.45, 7) is 1.09. The molecule has 42 heavy (non-hydrogen) atoms. The van der Waals surface area contributed by atoms with Crippen molar-refractivity contribution < 1.29 is 51.2 Å². The first-order valence-electron chi connectivity index (χ1n) is 12.6. The smallest absolute Gasteiger partial charge is 0.424 e. The zero-order chi connectivity index (χ0) is 31.0. The molecule has 5 N–H and O–H groups in total. The summed E-state index contributed by atoms with van der Waals surface area (Å²) in [6.07, 6.45) is -6.31. The molecule has 4 rings (SSSR count). The van der Waals surface area contributed by atoms with Gasteiger partial charge in [-0.1, -0.05) is 0 Å². The molecule has 3 aromatic rings. The Morgan fingerprint density at radius 2 is 1.88 bits per heavy atom. The van der Waals surface area contributed by atoms with Crippen molar-refractivity contribution in [3.05, 3.63) is 70.9 Å². The van der Waals surface area contributed by atoms with E-state index in [2.05, 4.69) is 4.98 Å². The topological polar surface area (TPSA) is 136 Å². The highest BCUT2D eigenvalue weighted by Crippen LogP contribution is 2.46. The molecule has 226 valence electrons. The predicted molar refractivity (Wildman–Crippen MR) is 139 cm³/mol. The summed E-state index contributed by atoms with van der Waals surface area (Å²) in [5.74, 6) is -3.44. The number of nitrogens with one attached hydrogen (secondary N) is 1. The summed E-state index contributed by atoms with van der Waals surface area (Å²) >= 11 is 0. The number of ether oxygens (including phenoxy) is 3. The number of benzene rings is 2. The van der Waals surface area contributed by atoms with Crippen LogP contribution in [-0.4, -0.2) is 60.3 Å². The van der Waals surface area contributed by atoms with Gasteiger partial charge in [0.15, 0.2) is 23.1 Å². The number of pyridine rings is 1. The molecule has 0 saturated heterocycles. The fourth-order valence-corrected chi connectivity index (χ4v) is 4.26. The minimum Gasteiger partial charge on any atom is -0.493 e. The summed E-state index contributed by atoms with van der Waals surface area (Å²) < 4.78 is 87.6. The number of alkyl halides is 3. The number of fused-ring (bicyclic) bond motifs is 1. The van der Waals surface area contributed by atoms with Crippen LogP contribution in [0, 0.1) is 11.6 Å². The fraction of sp³-hybridized carbons (Fsp3) is 0.357. The quantitative estimate of drug-likeness (QED) is 0.275. The van der Waals surface area contributed by atoms with Crippen LogP contribution in [0.25, 0.3) is 11.3 Å². The first-order chi connectivity index (χ1) is 19.6. The maximum absolute atomic E-state index is 14.7. The predicted octanol–water partition coefficient (Wildman–Crippen LogP) is 3.54. The van der Waals surface area contributed by atoms with Gasteiger partial charge in [-0.2, -0.15) is 13.2 Å². The van der Waals surface area contributed by atoms with Crippen molar-refractivity contribution in [2.45, 2.75) is 37.3 Å². The van der Waals surface area contributed by atoms with Crippen LogP contribution < -0.4 is 25.3 Å². The maximum Gasteiger partial charge on any atom is 0.424 e. The second-order valence-electron chi connectivity index (χ2n) is 10.1. The average molecular weight is 598 g/mol. The molecule has 0 aliphatic carbocycles. The Labute approximate surface area is 237 Å². The van der Waals surface area contributed by atoms with Crippen LogP contribution in [-0.2, 0) is 11.1 Å². The molecule has 14 heteroatoms. The minimum atomic E-state index is -5.37. The lowest BCUT2D eigenvalue weighted by molar-refractivity contribution is -0.265. The van der Waals surface area contributed by atoms with E-state index in [9.17, 15) is 37.0 Å². The summed E-state index contributed by atoms with van der Waals surface area (Å²) in [7, 11) is 1.15. The number of rotatable bonds is 9. The third-order valence-corrected chi connectivity index (χ3v) is 6.58. The van der Waals surface area contributed by atoms with Crippen LogP contribution in [0.2, 0.25) is 0 Å². The van der Waals surface area contributed by atoms with E-state index in [0.29, 0.717) is 6.07 Å². The number of hydrogen-bond donors (Lipinski definition) is 4. The maximum atomic E-state index is 14.7. The van der Waals surface area contributed by atoms with Gasteiger partial charge in [-0.25, -0.2) is 13.8 Å². The van der Waals surface area contributed by atoms with E-state index in [1.807, 2.05) is 5.32 Å². The van der Waals surface area contributed by atoms with Gasteiger partial charge in [0.05, 0.1) is 31.0 Å². The van der Waals surface area contributed by atoms with E-state index >= 15 is 0 Å². The van der Waals surface area contributed by atoms with Gasteiger partial charge < -0.3 is 35.5 Å². The Kier molecular flexibility index (Phi) is 8.36. The first kappa shape index (κ1) is 30.9. The molecule has 3 unspecified atom stereocenters. The van der Waals surface area contributed by atoms with Crippen LogP contribution in [0.3, 0.4) is 0 Å². The van der Waals surface area contributed by atoms with Crippen molar-refractivity contribution in [1.29, 1.82) is 0 Å². The molecule has 0 fully saturated rings. The Balaban J connectivity index is 1.72. The van der Waals surface area contributed by atoms with Gasteiger partial charge in [-0.3, -0.25) is 4.79 Å². The molecule has 2 aromatic carbocycles. The minimum absolute atomic E-state index is 0.0735. The number of aromatic nitrogens is 1.